The fourth-order valence-corrected chi connectivity index (χ4v) is 5.63. The van der Waals surface area contributed by atoms with Crippen LogP contribution in [0.2, 0.25) is 0 Å². The Morgan fingerprint density at radius 2 is 1.79 bits per heavy atom. The van der Waals surface area contributed by atoms with Crippen LogP contribution in [0.1, 0.15) is 72.5 Å². The number of rotatable bonds is 4. The van der Waals surface area contributed by atoms with Gasteiger partial charge in [-0.15, -0.1) is 0 Å². The van der Waals surface area contributed by atoms with Gasteiger partial charge in [0.1, 0.15) is 0 Å². The van der Waals surface area contributed by atoms with Crippen molar-refractivity contribution in [2.24, 2.45) is 5.92 Å². The van der Waals surface area contributed by atoms with Crippen molar-refractivity contribution in [1.29, 1.82) is 0 Å². The molecule has 0 saturated carbocycles. The first kappa shape index (κ1) is 22.5. The van der Waals surface area contributed by atoms with E-state index in [-0.39, 0.29) is 23.8 Å². The van der Waals surface area contributed by atoms with E-state index < -0.39 is 0 Å². The van der Waals surface area contributed by atoms with Crippen molar-refractivity contribution in [1.82, 2.24) is 4.90 Å². The van der Waals surface area contributed by atoms with Crippen molar-refractivity contribution in [2.45, 2.75) is 51.0 Å². The van der Waals surface area contributed by atoms with Crippen molar-refractivity contribution in [2.75, 3.05) is 25.5 Å². The number of fused-ring (bicyclic) bond motifs is 3. The molecule has 0 aromatic heterocycles. The fourth-order valence-electron chi connectivity index (χ4n) is 5.63. The number of benzene rings is 2. The van der Waals surface area contributed by atoms with Crippen LogP contribution in [-0.4, -0.2) is 37.0 Å². The summed E-state index contributed by atoms with van der Waals surface area (Å²) in [4.78, 5) is 26.7. The Morgan fingerprint density at radius 1 is 1.00 bits per heavy atom. The molecule has 5 rings (SSSR count). The minimum atomic E-state index is -0.374. The van der Waals surface area contributed by atoms with E-state index in [0.29, 0.717) is 17.4 Å². The molecule has 6 nitrogen and oxygen atoms in total. The van der Waals surface area contributed by atoms with Gasteiger partial charge < -0.3 is 19.7 Å². The Kier molecular flexibility index (Phi) is 6.31. The number of carbonyl (C=O) groups is 2. The van der Waals surface area contributed by atoms with Gasteiger partial charge in [0.25, 0.3) is 5.91 Å². The number of likely N-dealkylation sites (tertiary alicyclic amines) is 1. The van der Waals surface area contributed by atoms with E-state index in [1.54, 1.807) is 13.2 Å². The first-order valence-corrected chi connectivity index (χ1v) is 12.3. The smallest absolute Gasteiger partial charge is 0.308 e. The van der Waals surface area contributed by atoms with Crippen molar-refractivity contribution in [3.05, 3.63) is 65.2 Å². The number of anilines is 1. The summed E-state index contributed by atoms with van der Waals surface area (Å²) in [6.45, 7) is 3.09. The van der Waals surface area contributed by atoms with Gasteiger partial charge in [-0.25, -0.2) is 0 Å². The van der Waals surface area contributed by atoms with Gasteiger partial charge in [-0.3, -0.25) is 9.59 Å². The van der Waals surface area contributed by atoms with Crippen molar-refractivity contribution in [3.63, 3.8) is 0 Å². The van der Waals surface area contributed by atoms with Crippen molar-refractivity contribution in [3.8, 4) is 11.5 Å². The molecule has 2 aromatic carbocycles. The first-order chi connectivity index (χ1) is 16.5. The number of amides is 1. The highest BCUT2D eigenvalue weighted by Crippen LogP contribution is 2.50. The monoisotopic (exact) mass is 460 g/mol. The molecule has 3 aliphatic rings. The zero-order valence-electron chi connectivity index (χ0n) is 19.9. The normalized spacial score (nSPS) is 23.4. The van der Waals surface area contributed by atoms with Crippen LogP contribution < -0.4 is 14.8 Å². The van der Waals surface area contributed by atoms with Gasteiger partial charge in [-0.05, 0) is 66.6 Å². The summed E-state index contributed by atoms with van der Waals surface area (Å²) >= 11 is 0. The van der Waals surface area contributed by atoms with Crippen LogP contribution in [0.3, 0.4) is 0 Å². The standard InChI is InChI=1S/C28H32N2O4/c1-18(31)34-25-13-11-19(17-26(25)33-2)27-22-9-7-8-21(22)23-16-20(10-12-24(23)29-27)28(32)30-14-5-3-4-6-15-30/h7-8,10-13,16-17,21-22,27,29H,3-6,9,14-15H2,1-2H3. The van der Waals surface area contributed by atoms with E-state index in [4.69, 9.17) is 9.47 Å². The van der Waals surface area contributed by atoms with Gasteiger partial charge in [0.05, 0.1) is 13.2 Å². The lowest BCUT2D eigenvalue weighted by Gasteiger charge is -2.38. The Hall–Kier alpha value is -3.28. The second-order valence-electron chi connectivity index (χ2n) is 9.49. The number of nitrogens with zero attached hydrogens (tertiary/aromatic N) is 1. The van der Waals surface area contributed by atoms with Crippen LogP contribution in [0.4, 0.5) is 5.69 Å². The molecule has 3 atom stereocenters. The van der Waals surface area contributed by atoms with Crippen LogP contribution in [-0.2, 0) is 4.79 Å². The minimum Gasteiger partial charge on any atom is -0.493 e. The predicted molar refractivity (Wildman–Crippen MR) is 131 cm³/mol. The molecule has 1 amide bonds. The topological polar surface area (TPSA) is 67.9 Å². The molecule has 178 valence electrons. The molecule has 6 heteroatoms. The SMILES string of the molecule is COc1cc(C2Nc3ccc(C(=O)N4CCCCCC4)cc3C3C=CCC32)ccc1OC(C)=O. The van der Waals surface area contributed by atoms with E-state index in [1.807, 2.05) is 23.1 Å². The third kappa shape index (κ3) is 4.29. The van der Waals surface area contributed by atoms with Crippen LogP contribution in [0.25, 0.3) is 0 Å². The van der Waals surface area contributed by atoms with Gasteiger partial charge >= 0.3 is 5.97 Å². The largest absolute Gasteiger partial charge is 0.493 e. The highest BCUT2D eigenvalue weighted by Gasteiger charge is 2.38. The summed E-state index contributed by atoms with van der Waals surface area (Å²) in [5.74, 6) is 1.32. The van der Waals surface area contributed by atoms with E-state index in [2.05, 4.69) is 29.6 Å². The summed E-state index contributed by atoms with van der Waals surface area (Å²) in [5, 5.41) is 3.72. The van der Waals surface area contributed by atoms with E-state index >= 15 is 0 Å². The maximum atomic E-state index is 13.2. The lowest BCUT2D eigenvalue weighted by molar-refractivity contribution is -0.132. The Balaban J connectivity index is 1.44. The van der Waals surface area contributed by atoms with Crippen LogP contribution in [0.5, 0.6) is 11.5 Å². The molecule has 1 aliphatic carbocycles. The third-order valence-electron chi connectivity index (χ3n) is 7.30. The lowest BCUT2D eigenvalue weighted by atomic mass is 9.76. The highest BCUT2D eigenvalue weighted by molar-refractivity contribution is 5.95. The summed E-state index contributed by atoms with van der Waals surface area (Å²) < 4.78 is 10.8. The fraction of sp³-hybridized carbons (Fsp3) is 0.429. The average molecular weight is 461 g/mol. The number of allylic oxidation sites excluding steroid dienone is 2. The molecule has 2 aromatic rings. The van der Waals surface area contributed by atoms with Gasteiger partial charge in [0.2, 0.25) is 0 Å². The highest BCUT2D eigenvalue weighted by atomic mass is 16.6. The second kappa shape index (κ2) is 9.53. The molecular weight excluding hydrogens is 428 g/mol. The molecule has 0 spiro atoms. The molecular formula is C28H32N2O4. The predicted octanol–water partition coefficient (Wildman–Crippen LogP) is 5.46. The quantitative estimate of drug-likeness (QED) is 0.373. The molecule has 3 unspecified atom stereocenters. The maximum absolute atomic E-state index is 13.2. The zero-order chi connectivity index (χ0) is 23.7. The number of hydrogen-bond donors (Lipinski definition) is 1. The molecule has 2 aliphatic heterocycles. The van der Waals surface area contributed by atoms with Crippen molar-refractivity contribution >= 4 is 17.6 Å². The van der Waals surface area contributed by atoms with E-state index in [0.717, 1.165) is 49.2 Å². The van der Waals surface area contributed by atoms with Gasteiger partial charge in [-0.2, -0.15) is 0 Å². The minimum absolute atomic E-state index is 0.0833. The Morgan fingerprint density at radius 3 is 2.53 bits per heavy atom. The summed E-state index contributed by atoms with van der Waals surface area (Å²) in [5.41, 5.74) is 4.13. The molecule has 1 N–H and O–H groups in total. The Bertz CT molecular complexity index is 1120. The number of methoxy groups -OCH3 is 1. The number of nitrogens with one attached hydrogen (secondary N) is 1. The van der Waals surface area contributed by atoms with Gasteiger partial charge in [0.15, 0.2) is 11.5 Å². The molecule has 0 bridgehead atoms. The van der Waals surface area contributed by atoms with Crippen LogP contribution in [0.15, 0.2) is 48.6 Å². The van der Waals surface area contributed by atoms with Gasteiger partial charge in [0, 0.05) is 37.2 Å². The molecule has 34 heavy (non-hydrogen) atoms. The van der Waals surface area contributed by atoms with Gasteiger partial charge in [-0.1, -0.05) is 31.1 Å². The summed E-state index contributed by atoms with van der Waals surface area (Å²) in [6, 6.07) is 11.9. The summed E-state index contributed by atoms with van der Waals surface area (Å²) in [7, 11) is 1.58. The zero-order valence-corrected chi connectivity index (χ0v) is 19.9. The molecule has 0 radical (unpaired) electrons. The lowest BCUT2D eigenvalue weighted by Crippen LogP contribution is -2.33. The molecule has 1 saturated heterocycles. The number of carbonyl (C=O) groups excluding carboxylic acids is 2. The summed E-state index contributed by atoms with van der Waals surface area (Å²) in [6.07, 6.45) is 10.1. The second-order valence-corrected chi connectivity index (χ2v) is 9.49. The molecule has 2 heterocycles. The average Bonchev–Trinajstić information content (AvgIpc) is 3.18. The maximum Gasteiger partial charge on any atom is 0.308 e. The number of esters is 1. The van der Waals surface area contributed by atoms with Crippen LogP contribution in [0, 0.1) is 5.92 Å². The van der Waals surface area contributed by atoms with Crippen molar-refractivity contribution < 1.29 is 19.1 Å². The van der Waals surface area contributed by atoms with Crippen LogP contribution >= 0.6 is 0 Å². The third-order valence-corrected chi connectivity index (χ3v) is 7.30. The van der Waals surface area contributed by atoms with E-state index in [1.165, 1.54) is 25.3 Å². The number of ether oxygens (including phenoxy) is 2. The molecule has 1 fully saturated rings. The Labute approximate surface area is 200 Å². The number of hydrogen-bond acceptors (Lipinski definition) is 5. The first-order valence-electron chi connectivity index (χ1n) is 12.3. The van der Waals surface area contributed by atoms with E-state index in [9.17, 15) is 9.59 Å².